The van der Waals surface area contributed by atoms with Crippen molar-refractivity contribution in [1.82, 2.24) is 5.32 Å². The van der Waals surface area contributed by atoms with Crippen LogP contribution >= 0.6 is 0 Å². The zero-order chi connectivity index (χ0) is 34.1. The number of hydrogen-bond acceptors (Lipinski definition) is 12. The fourth-order valence-electron chi connectivity index (χ4n) is 6.97. The topological polar surface area (TPSA) is 215 Å². The first-order valence-corrected chi connectivity index (χ1v) is 15.1. The SMILES string of the molecule is CC[C@]12c3c4ccc(O)c3O[C@H]1C(OC(=O)CCC(=O)O[C@H](C(=O)O[C@@H](CC(=O)O)C(=O)O)c1ccccc1)=CC[C@@]2(O)[C@H](NC)C4. The Hall–Kier alpha value is -4.95. The van der Waals surface area contributed by atoms with Gasteiger partial charge in [-0.3, -0.25) is 14.4 Å². The van der Waals surface area contributed by atoms with Crippen LogP contribution in [0.5, 0.6) is 11.5 Å². The predicted octanol–water partition coefficient (Wildman–Crippen LogP) is 2.04. The maximum atomic E-state index is 13.0. The molecule has 3 aliphatic rings. The number of likely N-dealkylation sites (N-methyl/N-ethyl adjacent to an activating group) is 1. The Balaban J connectivity index is 1.29. The predicted molar refractivity (Wildman–Crippen MR) is 159 cm³/mol. The van der Waals surface area contributed by atoms with Gasteiger partial charge in [0.1, 0.15) is 5.76 Å². The maximum Gasteiger partial charge on any atom is 0.353 e. The second-order valence-electron chi connectivity index (χ2n) is 11.7. The average Bonchev–Trinajstić information content (AvgIpc) is 3.42. The van der Waals surface area contributed by atoms with Gasteiger partial charge < -0.3 is 44.7 Å². The molecule has 0 fully saturated rings. The molecule has 0 unspecified atom stereocenters. The first-order valence-electron chi connectivity index (χ1n) is 15.1. The zero-order valence-electron chi connectivity index (χ0n) is 25.6. The molecule has 0 radical (unpaired) electrons. The standard InChI is InChI=1S/C33H35NO13/c1-3-32-26-18-9-10-19(35)28(26)47-29(32)20(13-14-33(32,43)22(15-18)34-2)44-24(38)11-12-25(39)46-27(17-7-5-4-6-8-17)31(42)45-21(30(40)41)16-23(36)37/h4-10,13,21-22,27,29,34-35,43H,3,11-12,14-16H2,1-2H3,(H,36,37)(H,40,41)/t21-,22+,27-,29-,32-,33+/m0/s1. The minimum absolute atomic E-state index is 0.103. The number of nitrogens with one attached hydrogen (secondary N) is 1. The minimum atomic E-state index is -2.03. The van der Waals surface area contributed by atoms with Gasteiger partial charge in [0, 0.05) is 23.6 Å². The van der Waals surface area contributed by atoms with E-state index in [1.165, 1.54) is 30.3 Å². The monoisotopic (exact) mass is 653 g/mol. The maximum absolute atomic E-state index is 13.0. The van der Waals surface area contributed by atoms with Crippen LogP contribution in [0.2, 0.25) is 0 Å². The van der Waals surface area contributed by atoms with Crippen LogP contribution in [0.25, 0.3) is 0 Å². The highest BCUT2D eigenvalue weighted by Crippen LogP contribution is 2.63. The van der Waals surface area contributed by atoms with Crippen molar-refractivity contribution in [1.29, 1.82) is 0 Å². The van der Waals surface area contributed by atoms with E-state index in [9.17, 15) is 39.3 Å². The number of aromatic hydroxyl groups is 1. The molecule has 0 bridgehead atoms. The van der Waals surface area contributed by atoms with Crippen molar-refractivity contribution in [3.05, 3.63) is 71.0 Å². The lowest BCUT2D eigenvalue weighted by Crippen LogP contribution is -2.70. The number of carboxylic acids is 2. The highest BCUT2D eigenvalue weighted by atomic mass is 16.6. The number of carbonyl (C=O) groups excluding carboxylic acids is 3. The largest absolute Gasteiger partial charge is 0.504 e. The van der Waals surface area contributed by atoms with Crippen LogP contribution in [-0.2, 0) is 50.0 Å². The van der Waals surface area contributed by atoms with E-state index in [-0.39, 0.29) is 35.3 Å². The Kier molecular flexibility index (Phi) is 9.27. The number of aliphatic carboxylic acids is 2. The number of hydrogen-bond donors (Lipinski definition) is 5. The van der Waals surface area contributed by atoms with Gasteiger partial charge in [0.05, 0.1) is 30.3 Å². The molecule has 2 aromatic rings. The van der Waals surface area contributed by atoms with E-state index in [4.69, 9.17) is 24.1 Å². The van der Waals surface area contributed by atoms with E-state index in [2.05, 4.69) is 5.32 Å². The molecule has 6 atom stereocenters. The van der Waals surface area contributed by atoms with Gasteiger partial charge in [-0.1, -0.05) is 43.3 Å². The number of aliphatic hydroxyl groups is 1. The van der Waals surface area contributed by atoms with Gasteiger partial charge in [-0.05, 0) is 37.6 Å². The van der Waals surface area contributed by atoms with Crippen LogP contribution in [0.4, 0.5) is 0 Å². The van der Waals surface area contributed by atoms with E-state index >= 15 is 0 Å². The lowest BCUT2D eigenvalue weighted by atomic mass is 9.52. The van der Waals surface area contributed by atoms with Crippen molar-refractivity contribution in [2.75, 3.05) is 7.05 Å². The highest BCUT2D eigenvalue weighted by molar-refractivity contribution is 5.86. The third-order valence-electron chi connectivity index (χ3n) is 9.13. The summed E-state index contributed by atoms with van der Waals surface area (Å²) in [6, 6.07) is 10.5. The first kappa shape index (κ1) is 33.4. The summed E-state index contributed by atoms with van der Waals surface area (Å²) in [6.07, 6.45) is -4.18. The molecule has 1 heterocycles. The molecule has 47 heavy (non-hydrogen) atoms. The van der Waals surface area contributed by atoms with Gasteiger partial charge in [-0.15, -0.1) is 0 Å². The van der Waals surface area contributed by atoms with Crippen LogP contribution in [0.15, 0.2) is 54.3 Å². The third-order valence-corrected chi connectivity index (χ3v) is 9.13. The van der Waals surface area contributed by atoms with E-state index in [0.29, 0.717) is 18.4 Å². The van der Waals surface area contributed by atoms with Crippen LogP contribution in [-0.4, -0.2) is 81.2 Å². The molecular formula is C33H35NO13. The second-order valence-corrected chi connectivity index (χ2v) is 11.7. The van der Waals surface area contributed by atoms with Crippen LogP contribution < -0.4 is 10.1 Å². The molecule has 250 valence electrons. The Morgan fingerprint density at radius 3 is 2.36 bits per heavy atom. The van der Waals surface area contributed by atoms with Crippen molar-refractivity contribution in [2.45, 2.75) is 80.8 Å². The van der Waals surface area contributed by atoms with Crippen molar-refractivity contribution in [3.63, 3.8) is 0 Å². The fraction of sp³-hybridized carbons (Fsp3) is 0.424. The highest BCUT2D eigenvalue weighted by Gasteiger charge is 2.69. The summed E-state index contributed by atoms with van der Waals surface area (Å²) in [4.78, 5) is 61.2. The summed E-state index contributed by atoms with van der Waals surface area (Å²) >= 11 is 0. The molecule has 0 saturated carbocycles. The molecular weight excluding hydrogens is 618 g/mol. The third kappa shape index (κ3) is 5.89. The number of benzene rings is 2. The minimum Gasteiger partial charge on any atom is -0.504 e. The van der Waals surface area contributed by atoms with Gasteiger partial charge in [0.25, 0.3) is 0 Å². The van der Waals surface area contributed by atoms with Gasteiger partial charge in [-0.2, -0.15) is 0 Å². The Bertz CT molecular complexity index is 1620. The number of phenolic OH excluding ortho intramolecular Hbond substituents is 1. The average molecular weight is 654 g/mol. The molecule has 14 heteroatoms. The van der Waals surface area contributed by atoms with Gasteiger partial charge in [-0.25, -0.2) is 9.59 Å². The number of phenols is 1. The normalized spacial score (nSPS) is 24.9. The molecule has 2 aliphatic carbocycles. The molecule has 0 aromatic heterocycles. The summed E-state index contributed by atoms with van der Waals surface area (Å²) in [7, 11) is 1.75. The van der Waals surface area contributed by atoms with E-state index in [0.717, 1.165) is 5.56 Å². The Morgan fingerprint density at radius 1 is 1.02 bits per heavy atom. The lowest BCUT2D eigenvalue weighted by Gasteiger charge is -2.55. The van der Waals surface area contributed by atoms with Crippen LogP contribution in [0.3, 0.4) is 0 Å². The van der Waals surface area contributed by atoms with Crippen molar-refractivity contribution in [2.24, 2.45) is 0 Å². The van der Waals surface area contributed by atoms with E-state index in [1.54, 1.807) is 25.3 Å². The lowest BCUT2D eigenvalue weighted by molar-refractivity contribution is -0.179. The Morgan fingerprint density at radius 2 is 1.72 bits per heavy atom. The van der Waals surface area contributed by atoms with Gasteiger partial charge in [0.2, 0.25) is 12.2 Å². The number of ether oxygens (including phenoxy) is 4. The molecule has 2 aromatic carbocycles. The number of esters is 3. The molecule has 0 spiro atoms. The number of rotatable bonds is 13. The zero-order valence-corrected chi connectivity index (χ0v) is 25.6. The number of carbonyl (C=O) groups is 5. The second kappa shape index (κ2) is 13.0. The smallest absolute Gasteiger partial charge is 0.353 e. The molecule has 5 rings (SSSR count). The molecule has 1 aliphatic heterocycles. The van der Waals surface area contributed by atoms with Gasteiger partial charge in [0.15, 0.2) is 17.6 Å². The summed E-state index contributed by atoms with van der Waals surface area (Å²) in [5.41, 5.74) is -0.686. The molecule has 0 amide bonds. The summed E-state index contributed by atoms with van der Waals surface area (Å²) in [5, 5.41) is 44.2. The van der Waals surface area contributed by atoms with Gasteiger partial charge >= 0.3 is 29.8 Å². The quantitative estimate of drug-likeness (QED) is 0.155. The Labute approximate surface area is 268 Å². The molecule has 14 nitrogen and oxygen atoms in total. The summed E-state index contributed by atoms with van der Waals surface area (Å²) in [6.45, 7) is 1.89. The summed E-state index contributed by atoms with van der Waals surface area (Å²) < 4.78 is 22.1. The van der Waals surface area contributed by atoms with Crippen LogP contribution in [0.1, 0.15) is 61.8 Å². The number of carboxylic acid groups (broad SMARTS) is 2. The molecule has 0 saturated heterocycles. The van der Waals surface area contributed by atoms with Crippen molar-refractivity contribution in [3.8, 4) is 11.5 Å². The van der Waals surface area contributed by atoms with Crippen molar-refractivity contribution < 1.29 is 63.3 Å². The first-order chi connectivity index (χ1) is 22.4. The van der Waals surface area contributed by atoms with Crippen molar-refractivity contribution >= 4 is 29.8 Å². The summed E-state index contributed by atoms with van der Waals surface area (Å²) in [5.74, 6) is -6.13. The fourth-order valence-corrected chi connectivity index (χ4v) is 6.97. The van der Waals surface area contributed by atoms with Crippen LogP contribution in [0, 0.1) is 0 Å². The molecule has 5 N–H and O–H groups in total. The van der Waals surface area contributed by atoms with E-state index in [1.807, 2.05) is 6.92 Å². The van der Waals surface area contributed by atoms with E-state index < -0.39 is 78.4 Å².